The first-order chi connectivity index (χ1) is 14.0. The highest BCUT2D eigenvalue weighted by Crippen LogP contribution is 2.21. The van der Waals surface area contributed by atoms with E-state index in [1.165, 1.54) is 0 Å². The van der Waals surface area contributed by atoms with Crippen LogP contribution in [-0.4, -0.2) is 36.4 Å². The molecule has 0 saturated carbocycles. The number of nitrogens with one attached hydrogen (secondary N) is 1. The van der Waals surface area contributed by atoms with Crippen molar-refractivity contribution in [3.8, 4) is 5.75 Å². The van der Waals surface area contributed by atoms with Gasteiger partial charge >= 0.3 is 0 Å². The summed E-state index contributed by atoms with van der Waals surface area (Å²) in [6.45, 7) is 4.78. The smallest absolute Gasteiger partial charge is 0.242 e. The zero-order chi connectivity index (χ0) is 21.2. The van der Waals surface area contributed by atoms with Crippen molar-refractivity contribution in [1.82, 2.24) is 10.2 Å². The number of carbonyl (C=O) groups is 2. The van der Waals surface area contributed by atoms with Gasteiger partial charge in [0.05, 0.1) is 13.5 Å². The van der Waals surface area contributed by atoms with Gasteiger partial charge in [-0.25, -0.2) is 0 Å². The number of benzene rings is 2. The molecule has 156 valence electrons. The molecule has 0 aliphatic carbocycles. The van der Waals surface area contributed by atoms with Crippen LogP contribution >= 0.6 is 11.6 Å². The van der Waals surface area contributed by atoms with Crippen molar-refractivity contribution in [2.45, 2.75) is 45.7 Å². The highest BCUT2D eigenvalue weighted by Gasteiger charge is 2.28. The first kappa shape index (κ1) is 22.8. The molecular formula is C23H29ClN2O3. The van der Waals surface area contributed by atoms with Crippen LogP contribution in [0.15, 0.2) is 48.5 Å². The molecule has 0 spiro atoms. The van der Waals surface area contributed by atoms with E-state index >= 15 is 0 Å². The topological polar surface area (TPSA) is 58.6 Å². The predicted molar refractivity (Wildman–Crippen MR) is 116 cm³/mol. The van der Waals surface area contributed by atoms with Crippen molar-refractivity contribution in [2.75, 3.05) is 13.7 Å². The van der Waals surface area contributed by atoms with Gasteiger partial charge in [-0.15, -0.1) is 0 Å². The van der Waals surface area contributed by atoms with Crippen LogP contribution in [-0.2, 0) is 22.6 Å². The molecule has 1 atom stereocenters. The standard InChI is InChI=1S/C23H29ClN2O3/c1-4-14-25-23(28)21(5-2)26(16-18-8-6-7-9-20(18)24)22(27)15-17-10-12-19(29-3)13-11-17/h6-13,21H,4-5,14-16H2,1-3H3,(H,25,28)/t21-/m0/s1. The van der Waals surface area contributed by atoms with Crippen molar-refractivity contribution in [2.24, 2.45) is 0 Å². The molecule has 0 bridgehead atoms. The molecule has 0 fully saturated rings. The second-order valence-corrected chi connectivity index (χ2v) is 7.26. The Morgan fingerprint density at radius 3 is 2.38 bits per heavy atom. The van der Waals surface area contributed by atoms with Gasteiger partial charge in [0, 0.05) is 18.1 Å². The number of hydrogen-bond donors (Lipinski definition) is 1. The SMILES string of the molecule is CCCNC(=O)[C@H](CC)N(Cc1ccccc1Cl)C(=O)Cc1ccc(OC)cc1. The molecular weight excluding hydrogens is 388 g/mol. The van der Waals surface area contributed by atoms with Gasteiger partial charge < -0.3 is 15.0 Å². The molecule has 2 rings (SSSR count). The lowest BCUT2D eigenvalue weighted by Gasteiger charge is -2.31. The minimum Gasteiger partial charge on any atom is -0.497 e. The van der Waals surface area contributed by atoms with Crippen LogP contribution in [0.2, 0.25) is 5.02 Å². The number of hydrogen-bond acceptors (Lipinski definition) is 3. The highest BCUT2D eigenvalue weighted by molar-refractivity contribution is 6.31. The Labute approximate surface area is 178 Å². The molecule has 1 N–H and O–H groups in total. The molecule has 5 nitrogen and oxygen atoms in total. The molecule has 29 heavy (non-hydrogen) atoms. The van der Waals surface area contributed by atoms with Crippen molar-refractivity contribution < 1.29 is 14.3 Å². The zero-order valence-corrected chi connectivity index (χ0v) is 18.0. The number of rotatable bonds is 10. The maximum Gasteiger partial charge on any atom is 0.242 e. The fourth-order valence-corrected chi connectivity index (χ4v) is 3.31. The number of carbonyl (C=O) groups excluding carboxylic acids is 2. The summed E-state index contributed by atoms with van der Waals surface area (Å²) in [7, 11) is 1.60. The Hall–Kier alpha value is -2.53. The third-order valence-electron chi connectivity index (χ3n) is 4.75. The highest BCUT2D eigenvalue weighted by atomic mass is 35.5. The molecule has 0 heterocycles. The van der Waals surface area contributed by atoms with Crippen molar-refractivity contribution in [1.29, 1.82) is 0 Å². The molecule has 6 heteroatoms. The van der Waals surface area contributed by atoms with E-state index in [0.717, 1.165) is 23.3 Å². The molecule has 0 radical (unpaired) electrons. The maximum atomic E-state index is 13.2. The van der Waals surface area contributed by atoms with E-state index in [2.05, 4.69) is 5.32 Å². The second kappa shape index (κ2) is 11.5. The van der Waals surface area contributed by atoms with Gasteiger partial charge in [-0.2, -0.15) is 0 Å². The van der Waals surface area contributed by atoms with Gasteiger partial charge in [-0.1, -0.05) is 55.8 Å². The minimum absolute atomic E-state index is 0.117. The second-order valence-electron chi connectivity index (χ2n) is 6.85. The summed E-state index contributed by atoms with van der Waals surface area (Å²) < 4.78 is 5.18. The Kier molecular flexibility index (Phi) is 9.00. The molecule has 0 aliphatic rings. The van der Waals surface area contributed by atoms with Crippen LogP contribution in [0.4, 0.5) is 0 Å². The summed E-state index contributed by atoms with van der Waals surface area (Å²) in [4.78, 5) is 27.6. The van der Waals surface area contributed by atoms with Crippen LogP contribution in [0.3, 0.4) is 0 Å². The Bertz CT molecular complexity index is 808. The van der Waals surface area contributed by atoms with E-state index < -0.39 is 6.04 Å². The Balaban J connectivity index is 2.27. The van der Waals surface area contributed by atoms with Gasteiger partial charge in [0.1, 0.15) is 11.8 Å². The van der Waals surface area contributed by atoms with Crippen molar-refractivity contribution >= 4 is 23.4 Å². The summed E-state index contributed by atoms with van der Waals surface area (Å²) in [6.07, 6.45) is 1.56. The number of methoxy groups -OCH3 is 1. The fraction of sp³-hybridized carbons (Fsp3) is 0.391. The van der Waals surface area contributed by atoms with Crippen LogP contribution in [0.5, 0.6) is 5.75 Å². The molecule has 0 saturated heterocycles. The van der Waals surface area contributed by atoms with Crippen molar-refractivity contribution in [3.05, 3.63) is 64.7 Å². The summed E-state index contributed by atoms with van der Waals surface area (Å²) in [6, 6.07) is 14.2. The van der Waals surface area contributed by atoms with E-state index in [1.807, 2.05) is 56.3 Å². The lowest BCUT2D eigenvalue weighted by Crippen LogP contribution is -2.49. The average molecular weight is 417 g/mol. The Morgan fingerprint density at radius 2 is 1.79 bits per heavy atom. The molecule has 0 aliphatic heterocycles. The molecule has 2 aromatic rings. The molecule has 2 amide bonds. The average Bonchev–Trinajstić information content (AvgIpc) is 2.73. The number of amides is 2. The minimum atomic E-state index is -0.552. The summed E-state index contributed by atoms with van der Waals surface area (Å²) in [5.41, 5.74) is 1.68. The van der Waals surface area contributed by atoms with Crippen molar-refractivity contribution in [3.63, 3.8) is 0 Å². The van der Waals surface area contributed by atoms with E-state index in [-0.39, 0.29) is 24.8 Å². The van der Waals surface area contributed by atoms with Gasteiger partial charge in [0.2, 0.25) is 11.8 Å². The van der Waals surface area contributed by atoms with Crippen LogP contribution in [0.25, 0.3) is 0 Å². The first-order valence-corrected chi connectivity index (χ1v) is 10.3. The zero-order valence-electron chi connectivity index (χ0n) is 17.3. The largest absolute Gasteiger partial charge is 0.497 e. The van der Waals surface area contributed by atoms with Gasteiger partial charge in [0.25, 0.3) is 0 Å². The molecule has 0 aromatic heterocycles. The lowest BCUT2D eigenvalue weighted by molar-refractivity contribution is -0.140. The summed E-state index contributed by atoms with van der Waals surface area (Å²) in [5.74, 6) is 0.484. The van der Waals surface area contributed by atoms with Gasteiger partial charge in [-0.05, 0) is 42.2 Å². The summed E-state index contributed by atoms with van der Waals surface area (Å²) in [5, 5.41) is 3.50. The monoisotopic (exact) mass is 416 g/mol. The van der Waals surface area contributed by atoms with Crippen LogP contribution in [0, 0.1) is 0 Å². The quantitative estimate of drug-likeness (QED) is 0.630. The molecule has 2 aromatic carbocycles. The van der Waals surface area contributed by atoms with E-state index in [1.54, 1.807) is 18.1 Å². The lowest BCUT2D eigenvalue weighted by atomic mass is 10.1. The van der Waals surface area contributed by atoms with Gasteiger partial charge in [-0.3, -0.25) is 9.59 Å². The van der Waals surface area contributed by atoms with E-state index in [0.29, 0.717) is 18.0 Å². The normalized spacial score (nSPS) is 11.6. The molecule has 0 unspecified atom stereocenters. The third-order valence-corrected chi connectivity index (χ3v) is 5.12. The van der Waals surface area contributed by atoms with E-state index in [4.69, 9.17) is 16.3 Å². The predicted octanol–water partition coefficient (Wildman–Crippen LogP) is 4.22. The third kappa shape index (κ3) is 6.50. The maximum absolute atomic E-state index is 13.2. The number of ether oxygens (including phenoxy) is 1. The summed E-state index contributed by atoms with van der Waals surface area (Å²) >= 11 is 6.33. The number of halogens is 1. The Morgan fingerprint density at radius 1 is 1.10 bits per heavy atom. The van der Waals surface area contributed by atoms with Gasteiger partial charge in [0.15, 0.2) is 0 Å². The van der Waals surface area contributed by atoms with Crippen LogP contribution in [0.1, 0.15) is 37.8 Å². The number of nitrogens with zero attached hydrogens (tertiary/aromatic N) is 1. The first-order valence-electron chi connectivity index (χ1n) is 9.93. The van der Waals surface area contributed by atoms with E-state index in [9.17, 15) is 9.59 Å². The van der Waals surface area contributed by atoms with Crippen LogP contribution < -0.4 is 10.1 Å². The fourth-order valence-electron chi connectivity index (χ4n) is 3.12.